The second-order valence-electron chi connectivity index (χ2n) is 5.27. The van der Waals surface area contributed by atoms with Gasteiger partial charge in [-0.15, -0.1) is 0 Å². The third-order valence-electron chi connectivity index (χ3n) is 3.65. The Labute approximate surface area is 125 Å². The molecule has 110 valence electrons. The van der Waals surface area contributed by atoms with Gasteiger partial charge in [-0.25, -0.2) is 0 Å². The Morgan fingerprint density at radius 2 is 1.95 bits per heavy atom. The van der Waals surface area contributed by atoms with Crippen LogP contribution >= 0.6 is 11.8 Å². The smallest absolute Gasteiger partial charge is 0.281 e. The molecule has 0 atom stereocenters. The highest BCUT2D eigenvalue weighted by Crippen LogP contribution is 2.26. The summed E-state index contributed by atoms with van der Waals surface area (Å²) in [4.78, 5) is 14.3. The Hall–Kier alpha value is -1.16. The van der Waals surface area contributed by atoms with Crippen LogP contribution in [-0.2, 0) is 5.75 Å². The van der Waals surface area contributed by atoms with E-state index in [4.69, 9.17) is 4.74 Å². The highest BCUT2D eigenvalue weighted by molar-refractivity contribution is 8.12. The lowest BCUT2D eigenvalue weighted by Gasteiger charge is -2.19. The maximum absolute atomic E-state index is 12.3. The predicted octanol–water partition coefficient (Wildman–Crippen LogP) is 4.23. The van der Waals surface area contributed by atoms with E-state index in [1.165, 1.54) is 30.2 Å². The van der Waals surface area contributed by atoms with Gasteiger partial charge < -0.3 is 9.64 Å². The molecule has 1 aliphatic heterocycles. The average molecular weight is 293 g/mol. The Morgan fingerprint density at radius 3 is 2.60 bits per heavy atom. The third kappa shape index (κ3) is 4.17. The molecule has 0 aliphatic carbocycles. The van der Waals surface area contributed by atoms with E-state index in [2.05, 4.69) is 13.0 Å². The predicted molar refractivity (Wildman–Crippen MR) is 84.5 cm³/mol. The molecule has 1 fully saturated rings. The maximum Gasteiger partial charge on any atom is 0.281 e. The minimum absolute atomic E-state index is 0.204. The topological polar surface area (TPSA) is 29.5 Å². The molecule has 0 aromatic heterocycles. The molecular formula is C16H23NO2S. The number of nitrogens with zero attached hydrogens (tertiary/aromatic N) is 1. The second-order valence-corrected chi connectivity index (χ2v) is 6.20. The van der Waals surface area contributed by atoms with Crippen molar-refractivity contribution in [2.45, 2.75) is 38.4 Å². The molecule has 1 aromatic carbocycles. The first-order valence-electron chi connectivity index (χ1n) is 7.26. The number of ether oxygens (including phenoxy) is 1. The number of carbonyl (C=O) groups excluding carboxylic acids is 1. The van der Waals surface area contributed by atoms with Gasteiger partial charge in [0.25, 0.3) is 5.24 Å². The minimum Gasteiger partial charge on any atom is -0.496 e. The van der Waals surface area contributed by atoms with Gasteiger partial charge in [-0.2, -0.15) is 0 Å². The number of benzene rings is 1. The van der Waals surface area contributed by atoms with E-state index in [0.717, 1.165) is 37.2 Å². The van der Waals surface area contributed by atoms with Gasteiger partial charge in [0, 0.05) is 24.4 Å². The summed E-state index contributed by atoms with van der Waals surface area (Å²) in [5, 5.41) is 0.204. The van der Waals surface area contributed by atoms with E-state index < -0.39 is 0 Å². The highest BCUT2D eigenvalue weighted by atomic mass is 32.2. The quantitative estimate of drug-likeness (QED) is 0.835. The Bertz CT molecular complexity index is 454. The lowest BCUT2D eigenvalue weighted by molar-refractivity contribution is 0.225. The molecule has 1 aromatic rings. The first-order valence-corrected chi connectivity index (χ1v) is 8.24. The van der Waals surface area contributed by atoms with Gasteiger partial charge in [0.15, 0.2) is 0 Å². The molecule has 1 heterocycles. The van der Waals surface area contributed by atoms with Crippen molar-refractivity contribution in [3.05, 3.63) is 29.3 Å². The summed E-state index contributed by atoms with van der Waals surface area (Å²) in [6.07, 6.45) is 4.78. The van der Waals surface area contributed by atoms with Crippen LogP contribution < -0.4 is 4.74 Å². The Balaban J connectivity index is 1.93. The lowest BCUT2D eigenvalue weighted by Crippen LogP contribution is -2.28. The lowest BCUT2D eigenvalue weighted by atomic mass is 10.1. The van der Waals surface area contributed by atoms with Crippen molar-refractivity contribution in [3.63, 3.8) is 0 Å². The number of rotatable bonds is 3. The summed E-state index contributed by atoms with van der Waals surface area (Å²) >= 11 is 1.39. The van der Waals surface area contributed by atoms with E-state index in [1.807, 2.05) is 17.0 Å². The number of thioether (sulfide) groups is 1. The van der Waals surface area contributed by atoms with Crippen molar-refractivity contribution in [1.82, 2.24) is 4.90 Å². The summed E-state index contributed by atoms with van der Waals surface area (Å²) in [6.45, 7) is 3.89. The van der Waals surface area contributed by atoms with Crippen LogP contribution in [0.5, 0.6) is 5.75 Å². The zero-order chi connectivity index (χ0) is 14.4. The maximum atomic E-state index is 12.3. The molecule has 1 amide bonds. The average Bonchev–Trinajstić information content (AvgIpc) is 2.74. The number of hydrogen-bond donors (Lipinski definition) is 0. The fourth-order valence-electron chi connectivity index (χ4n) is 2.50. The van der Waals surface area contributed by atoms with Crippen LogP contribution in [-0.4, -0.2) is 30.3 Å². The molecule has 4 heteroatoms. The second kappa shape index (κ2) is 7.58. The standard InChI is InChI=1S/C16H23NO2S/c1-13-7-8-15(19-2)14(11-13)12-20-16(18)17-9-5-3-4-6-10-17/h7-8,11H,3-6,9-10,12H2,1-2H3. The van der Waals surface area contributed by atoms with Gasteiger partial charge in [0.2, 0.25) is 0 Å². The number of aryl methyl sites for hydroxylation is 1. The third-order valence-corrected chi connectivity index (χ3v) is 4.61. The number of methoxy groups -OCH3 is 1. The van der Waals surface area contributed by atoms with Gasteiger partial charge in [-0.1, -0.05) is 42.3 Å². The molecule has 1 saturated heterocycles. The summed E-state index contributed by atoms with van der Waals surface area (Å²) in [7, 11) is 1.68. The summed E-state index contributed by atoms with van der Waals surface area (Å²) in [6, 6.07) is 6.10. The van der Waals surface area contributed by atoms with Gasteiger partial charge in [0.1, 0.15) is 5.75 Å². The van der Waals surface area contributed by atoms with E-state index in [0.29, 0.717) is 5.75 Å². The first kappa shape index (κ1) is 15.2. The van der Waals surface area contributed by atoms with E-state index >= 15 is 0 Å². The van der Waals surface area contributed by atoms with Crippen molar-refractivity contribution >= 4 is 17.0 Å². The van der Waals surface area contributed by atoms with Gasteiger partial charge in [0.05, 0.1) is 7.11 Å². The fourth-order valence-corrected chi connectivity index (χ4v) is 3.37. The molecular weight excluding hydrogens is 270 g/mol. The van der Waals surface area contributed by atoms with Gasteiger partial charge in [-0.3, -0.25) is 4.79 Å². The van der Waals surface area contributed by atoms with E-state index in [9.17, 15) is 4.79 Å². The Kier molecular flexibility index (Phi) is 5.77. The molecule has 0 bridgehead atoms. The highest BCUT2D eigenvalue weighted by Gasteiger charge is 2.16. The van der Waals surface area contributed by atoms with Crippen molar-refractivity contribution < 1.29 is 9.53 Å². The molecule has 0 radical (unpaired) electrons. The molecule has 0 unspecified atom stereocenters. The van der Waals surface area contributed by atoms with Crippen LogP contribution in [0.4, 0.5) is 4.79 Å². The summed E-state index contributed by atoms with van der Waals surface area (Å²) < 4.78 is 5.36. The van der Waals surface area contributed by atoms with Crippen LogP contribution in [0.3, 0.4) is 0 Å². The molecule has 20 heavy (non-hydrogen) atoms. The van der Waals surface area contributed by atoms with Crippen LogP contribution in [0.2, 0.25) is 0 Å². The van der Waals surface area contributed by atoms with Gasteiger partial charge in [-0.05, 0) is 25.8 Å². The molecule has 0 spiro atoms. The normalized spacial score (nSPS) is 15.8. The van der Waals surface area contributed by atoms with E-state index in [1.54, 1.807) is 7.11 Å². The molecule has 1 aliphatic rings. The van der Waals surface area contributed by atoms with E-state index in [-0.39, 0.29) is 5.24 Å². The molecule has 3 nitrogen and oxygen atoms in total. The minimum atomic E-state index is 0.204. The zero-order valence-corrected chi connectivity index (χ0v) is 13.2. The SMILES string of the molecule is COc1ccc(C)cc1CSC(=O)N1CCCCCC1. The summed E-state index contributed by atoms with van der Waals surface area (Å²) in [5.41, 5.74) is 2.30. The largest absolute Gasteiger partial charge is 0.496 e. The van der Waals surface area contributed by atoms with Gasteiger partial charge >= 0.3 is 0 Å². The fraction of sp³-hybridized carbons (Fsp3) is 0.562. The van der Waals surface area contributed by atoms with Crippen LogP contribution in [0.1, 0.15) is 36.8 Å². The molecule has 0 N–H and O–H groups in total. The van der Waals surface area contributed by atoms with Crippen LogP contribution in [0.25, 0.3) is 0 Å². The number of amides is 1. The monoisotopic (exact) mass is 293 g/mol. The van der Waals surface area contributed by atoms with Crippen LogP contribution in [0, 0.1) is 6.92 Å². The van der Waals surface area contributed by atoms with Crippen LogP contribution in [0.15, 0.2) is 18.2 Å². The number of likely N-dealkylation sites (tertiary alicyclic amines) is 1. The molecule has 0 saturated carbocycles. The zero-order valence-electron chi connectivity index (χ0n) is 12.4. The first-order chi connectivity index (χ1) is 9.70. The molecule has 2 rings (SSSR count). The summed E-state index contributed by atoms with van der Waals surface area (Å²) in [5.74, 6) is 1.55. The van der Waals surface area contributed by atoms with Crippen molar-refractivity contribution in [2.75, 3.05) is 20.2 Å². The number of hydrogen-bond acceptors (Lipinski definition) is 3. The van der Waals surface area contributed by atoms with Crippen molar-refractivity contribution in [1.29, 1.82) is 0 Å². The van der Waals surface area contributed by atoms with Crippen molar-refractivity contribution in [2.24, 2.45) is 0 Å². The van der Waals surface area contributed by atoms with Crippen molar-refractivity contribution in [3.8, 4) is 5.75 Å². The Morgan fingerprint density at radius 1 is 1.25 bits per heavy atom. The number of carbonyl (C=O) groups is 1.